The molecule has 0 saturated carbocycles. The van der Waals surface area contributed by atoms with Gasteiger partial charge >= 0.3 is 0 Å². The largest absolute Gasteiger partial charge is 0.507 e. The number of phenolic OH excluding ortho intramolecular Hbond substituents is 2. The van der Waals surface area contributed by atoms with E-state index in [2.05, 4.69) is 5.18 Å². The molecule has 212 valence electrons. The van der Waals surface area contributed by atoms with E-state index in [4.69, 9.17) is 14.2 Å². The second-order valence-corrected chi connectivity index (χ2v) is 10.5. The fourth-order valence-corrected chi connectivity index (χ4v) is 5.95. The number of benzene rings is 2. The summed E-state index contributed by atoms with van der Waals surface area (Å²) in [6.45, 7) is 2.51. The van der Waals surface area contributed by atoms with Gasteiger partial charge in [0.1, 0.15) is 35.5 Å². The van der Waals surface area contributed by atoms with E-state index in [1.807, 2.05) is 0 Å². The van der Waals surface area contributed by atoms with Crippen molar-refractivity contribution in [1.29, 1.82) is 0 Å². The minimum atomic E-state index is -2.25. The summed E-state index contributed by atoms with van der Waals surface area (Å²) in [5, 5.41) is 46.9. The third-order valence-corrected chi connectivity index (χ3v) is 8.34. The van der Waals surface area contributed by atoms with Gasteiger partial charge in [-0.05, 0) is 13.0 Å². The predicted molar refractivity (Wildman–Crippen MR) is 137 cm³/mol. The maximum Gasteiger partial charge on any atom is 0.202 e. The Bertz CT molecular complexity index is 1440. The summed E-state index contributed by atoms with van der Waals surface area (Å²) >= 11 is 0. The molecule has 3 aliphatic rings. The molecule has 2 aromatic carbocycles. The Morgan fingerprint density at radius 2 is 1.82 bits per heavy atom. The smallest absolute Gasteiger partial charge is 0.202 e. The van der Waals surface area contributed by atoms with Gasteiger partial charge in [-0.2, -0.15) is 4.91 Å². The summed E-state index contributed by atoms with van der Waals surface area (Å²) in [7, 11) is 1.32. The van der Waals surface area contributed by atoms with Gasteiger partial charge in [-0.25, -0.2) is 0 Å². The number of ether oxygens (including phenoxy) is 3. The minimum Gasteiger partial charge on any atom is -0.507 e. The fraction of sp³-hybridized carbons (Fsp3) is 0.464. The number of aromatic hydroxyl groups is 2. The van der Waals surface area contributed by atoms with E-state index in [0.29, 0.717) is 0 Å². The van der Waals surface area contributed by atoms with Gasteiger partial charge in [-0.1, -0.05) is 24.2 Å². The van der Waals surface area contributed by atoms with Crippen molar-refractivity contribution in [2.75, 3.05) is 13.7 Å². The average Bonchev–Trinajstić information content (AvgIpc) is 2.94. The number of nitrogens with zero attached hydrogens (tertiary/aromatic N) is 1. The van der Waals surface area contributed by atoms with Crippen LogP contribution in [0.2, 0.25) is 0 Å². The molecule has 6 atom stereocenters. The van der Waals surface area contributed by atoms with Gasteiger partial charge in [-0.15, -0.1) is 0 Å². The first-order chi connectivity index (χ1) is 19.0. The van der Waals surface area contributed by atoms with Crippen molar-refractivity contribution in [1.82, 2.24) is 0 Å². The highest BCUT2D eigenvalue weighted by Gasteiger charge is 2.50. The molecule has 12 nitrogen and oxygen atoms in total. The molecule has 0 bridgehead atoms. The fourth-order valence-electron chi connectivity index (χ4n) is 5.95. The number of hydrogen-bond donors (Lipinski definition) is 4. The van der Waals surface area contributed by atoms with Crippen molar-refractivity contribution in [3.8, 4) is 17.2 Å². The molecule has 2 aliphatic carbocycles. The third-order valence-electron chi connectivity index (χ3n) is 8.34. The highest BCUT2D eigenvalue weighted by molar-refractivity contribution is 6.31. The van der Waals surface area contributed by atoms with E-state index in [0.717, 1.165) is 0 Å². The Labute approximate surface area is 228 Å². The molecule has 0 amide bonds. The number of methoxy groups -OCH3 is 1. The molecule has 40 heavy (non-hydrogen) atoms. The number of aliphatic hydroxyl groups excluding tert-OH is 1. The topological polar surface area (TPSA) is 189 Å². The summed E-state index contributed by atoms with van der Waals surface area (Å²) in [6.07, 6.45) is -3.87. The summed E-state index contributed by atoms with van der Waals surface area (Å²) < 4.78 is 17.2. The second kappa shape index (κ2) is 10.0. The molecule has 1 heterocycles. The predicted octanol–water partition coefficient (Wildman–Crippen LogP) is 2.08. The van der Waals surface area contributed by atoms with E-state index >= 15 is 0 Å². The molecule has 2 unspecified atom stereocenters. The van der Waals surface area contributed by atoms with Crippen LogP contribution >= 0.6 is 0 Å². The van der Waals surface area contributed by atoms with Gasteiger partial charge in [0, 0.05) is 41.9 Å². The van der Waals surface area contributed by atoms with Crippen molar-refractivity contribution in [2.45, 2.75) is 63.3 Å². The zero-order valence-electron chi connectivity index (χ0n) is 22.0. The lowest BCUT2D eigenvalue weighted by atomic mass is 9.72. The molecule has 2 aromatic rings. The number of aliphatic hydroxyl groups is 2. The van der Waals surface area contributed by atoms with Crippen LogP contribution in [0.25, 0.3) is 0 Å². The molecule has 5 rings (SSSR count). The highest BCUT2D eigenvalue weighted by atomic mass is 16.7. The monoisotopic (exact) mass is 555 g/mol. The summed E-state index contributed by atoms with van der Waals surface area (Å²) in [4.78, 5) is 51.3. The second-order valence-electron chi connectivity index (χ2n) is 10.5. The van der Waals surface area contributed by atoms with E-state index < -0.39 is 89.6 Å². The standard InChI is InChI=1S/C28H29NO11/c1-11-12(2)39-19(7-15(11)29-37)40-17-9-28(36,18(31)10-30)8-14-21(17)27(35)23-22(25(14)33)24(32)13-5-4-6-16(38-3)20(13)26(23)34/h4-6,11-12,15,17,19,30,33,35-36H,7-10H2,1-3H3/t11-,12?,15?,17+,19+,28+/m1/s1. The number of hydrogen-bond acceptors (Lipinski definition) is 12. The van der Waals surface area contributed by atoms with E-state index in [-0.39, 0.29) is 40.3 Å². The lowest BCUT2D eigenvalue weighted by Crippen LogP contribution is -2.48. The van der Waals surface area contributed by atoms with Crippen molar-refractivity contribution < 1.29 is 49.0 Å². The first-order valence-corrected chi connectivity index (χ1v) is 12.8. The number of rotatable bonds is 6. The van der Waals surface area contributed by atoms with E-state index in [1.54, 1.807) is 13.8 Å². The van der Waals surface area contributed by atoms with Crippen LogP contribution in [0.5, 0.6) is 17.2 Å². The van der Waals surface area contributed by atoms with Gasteiger partial charge in [-0.3, -0.25) is 14.4 Å². The molecule has 0 aromatic heterocycles. The lowest BCUT2D eigenvalue weighted by molar-refractivity contribution is -0.236. The number of fused-ring (bicyclic) bond motifs is 3. The highest BCUT2D eigenvalue weighted by Crippen LogP contribution is 2.52. The van der Waals surface area contributed by atoms with E-state index in [9.17, 15) is 39.7 Å². The number of nitroso groups, excluding NO2 is 1. The lowest BCUT2D eigenvalue weighted by Gasteiger charge is -2.42. The van der Waals surface area contributed by atoms with Crippen LogP contribution in [0, 0.1) is 10.8 Å². The van der Waals surface area contributed by atoms with Crippen molar-refractivity contribution in [2.24, 2.45) is 11.1 Å². The zero-order chi connectivity index (χ0) is 29.1. The van der Waals surface area contributed by atoms with Crippen LogP contribution in [-0.2, 0) is 20.7 Å². The van der Waals surface area contributed by atoms with Crippen molar-refractivity contribution >= 4 is 17.3 Å². The maximum atomic E-state index is 13.7. The van der Waals surface area contributed by atoms with Gasteiger partial charge in [0.15, 0.2) is 17.9 Å². The third kappa shape index (κ3) is 4.10. The number of Topliss-reactive ketones (excluding diaryl/α,β-unsaturated/α-hetero) is 1. The number of carbonyl (C=O) groups is 3. The Hall–Kier alpha value is -3.71. The Morgan fingerprint density at radius 1 is 1.12 bits per heavy atom. The van der Waals surface area contributed by atoms with Crippen LogP contribution < -0.4 is 4.74 Å². The van der Waals surface area contributed by atoms with Gasteiger partial charge in [0.2, 0.25) is 5.78 Å². The molecule has 4 N–H and O–H groups in total. The maximum absolute atomic E-state index is 13.7. The average molecular weight is 556 g/mol. The molecular weight excluding hydrogens is 526 g/mol. The molecule has 1 fully saturated rings. The quantitative estimate of drug-likeness (QED) is 0.257. The van der Waals surface area contributed by atoms with Crippen LogP contribution in [0.3, 0.4) is 0 Å². The molecule has 12 heteroatoms. The molecule has 1 saturated heterocycles. The molecule has 0 spiro atoms. The van der Waals surface area contributed by atoms with Crippen LogP contribution in [0.1, 0.15) is 75.8 Å². The van der Waals surface area contributed by atoms with Gasteiger partial charge in [0.05, 0.1) is 36.0 Å². The van der Waals surface area contributed by atoms with Crippen LogP contribution in [0.15, 0.2) is 23.4 Å². The van der Waals surface area contributed by atoms with Crippen molar-refractivity contribution in [3.05, 3.63) is 56.5 Å². The number of phenols is 2. The molecule has 1 aliphatic heterocycles. The minimum absolute atomic E-state index is 0.0346. The number of ketones is 3. The van der Waals surface area contributed by atoms with Crippen LogP contribution in [0.4, 0.5) is 0 Å². The van der Waals surface area contributed by atoms with E-state index in [1.165, 1.54) is 25.3 Å². The summed E-state index contributed by atoms with van der Waals surface area (Å²) in [5.74, 6) is -4.00. The first kappa shape index (κ1) is 27.8. The molecule has 0 radical (unpaired) electrons. The van der Waals surface area contributed by atoms with Crippen molar-refractivity contribution in [3.63, 3.8) is 0 Å². The first-order valence-electron chi connectivity index (χ1n) is 12.8. The zero-order valence-corrected chi connectivity index (χ0v) is 22.0. The normalized spacial score (nSPS) is 29.3. The summed E-state index contributed by atoms with van der Waals surface area (Å²) in [6, 6.07) is 3.70. The summed E-state index contributed by atoms with van der Waals surface area (Å²) in [5.41, 5.74) is -3.64. The Balaban J connectivity index is 1.68. The number of carbonyl (C=O) groups excluding carboxylic acids is 3. The Morgan fingerprint density at radius 3 is 2.48 bits per heavy atom. The van der Waals surface area contributed by atoms with Gasteiger partial charge in [0.25, 0.3) is 0 Å². The van der Waals surface area contributed by atoms with Crippen LogP contribution in [-0.4, -0.2) is 75.5 Å². The van der Waals surface area contributed by atoms with Gasteiger partial charge < -0.3 is 34.6 Å². The molecular formula is C28H29NO11. The SMILES string of the molecule is COc1cccc2c1C(=O)c1c(O)c3c(c(O)c1C2=O)C[C@@](O)(C(=O)CO)C[C@@H]3O[C@H]1CC(N=O)[C@H](C)C(C)O1. The Kier molecular flexibility index (Phi) is 6.99.